The first kappa shape index (κ1) is 18.2. The minimum absolute atomic E-state index is 0.00841. The number of hydrogen-bond donors (Lipinski definition) is 3. The average Bonchev–Trinajstić information content (AvgIpc) is 3.15. The molecule has 28 heavy (non-hydrogen) atoms. The third-order valence-electron chi connectivity index (χ3n) is 4.79. The molecule has 0 unspecified atom stereocenters. The Bertz CT molecular complexity index is 998. The van der Waals surface area contributed by atoms with E-state index in [0.717, 1.165) is 5.69 Å². The molecule has 9 heteroatoms. The van der Waals surface area contributed by atoms with E-state index in [4.69, 9.17) is 5.73 Å². The van der Waals surface area contributed by atoms with Crippen molar-refractivity contribution in [2.24, 2.45) is 0 Å². The summed E-state index contributed by atoms with van der Waals surface area (Å²) in [6, 6.07) is 9.25. The molecule has 4 N–H and O–H groups in total. The normalized spacial score (nSPS) is 14.8. The second kappa shape index (κ2) is 7.81. The first-order valence-corrected chi connectivity index (χ1v) is 9.89. The van der Waals surface area contributed by atoms with Crippen LogP contribution in [0.3, 0.4) is 0 Å². The van der Waals surface area contributed by atoms with Crippen LogP contribution in [0.1, 0.15) is 23.2 Å². The van der Waals surface area contributed by atoms with Gasteiger partial charge in [0.15, 0.2) is 0 Å². The number of hydrogen-bond acceptors (Lipinski definition) is 6. The Morgan fingerprint density at radius 1 is 1.14 bits per heavy atom. The van der Waals surface area contributed by atoms with Gasteiger partial charge >= 0.3 is 6.03 Å². The van der Waals surface area contributed by atoms with Gasteiger partial charge in [0.25, 0.3) is 5.91 Å². The van der Waals surface area contributed by atoms with Crippen LogP contribution in [-0.2, 0) is 0 Å². The summed E-state index contributed by atoms with van der Waals surface area (Å²) in [7, 11) is 0. The van der Waals surface area contributed by atoms with E-state index in [1.165, 1.54) is 17.7 Å². The molecule has 8 nitrogen and oxygen atoms in total. The molecule has 144 valence electrons. The minimum atomic E-state index is -0.181. The van der Waals surface area contributed by atoms with Crippen LogP contribution in [-0.4, -0.2) is 45.9 Å². The van der Waals surface area contributed by atoms with Crippen LogP contribution < -0.4 is 16.4 Å². The number of anilines is 2. The Balaban J connectivity index is 1.34. The van der Waals surface area contributed by atoms with Crippen molar-refractivity contribution < 1.29 is 9.59 Å². The number of urea groups is 1. The molecule has 0 aliphatic carbocycles. The lowest BCUT2D eigenvalue weighted by Gasteiger charge is -2.32. The summed E-state index contributed by atoms with van der Waals surface area (Å²) in [5.74, 6) is 0.128. The first-order valence-electron chi connectivity index (χ1n) is 9.01. The number of nitrogens with zero attached hydrogens (tertiary/aromatic N) is 3. The lowest BCUT2D eigenvalue weighted by Crippen LogP contribution is -2.47. The number of aromatic nitrogens is 2. The van der Waals surface area contributed by atoms with E-state index in [1.54, 1.807) is 10.3 Å². The largest absolute Gasteiger partial charge is 0.383 e. The topological polar surface area (TPSA) is 113 Å². The van der Waals surface area contributed by atoms with Gasteiger partial charge < -0.3 is 21.3 Å². The third-order valence-corrected chi connectivity index (χ3v) is 5.67. The number of likely N-dealkylation sites (tertiary alicyclic amines) is 1. The van der Waals surface area contributed by atoms with E-state index in [9.17, 15) is 9.59 Å². The monoisotopic (exact) mass is 396 g/mol. The number of fused-ring (bicyclic) bond motifs is 1. The molecule has 1 aliphatic heterocycles. The average molecular weight is 396 g/mol. The molecule has 4 rings (SSSR count). The second-order valence-corrected chi connectivity index (χ2v) is 7.48. The molecule has 0 saturated carbocycles. The zero-order valence-corrected chi connectivity index (χ0v) is 15.9. The Labute approximate surface area is 165 Å². The van der Waals surface area contributed by atoms with Crippen LogP contribution in [0.15, 0.2) is 42.0 Å². The van der Waals surface area contributed by atoms with E-state index < -0.39 is 0 Å². The number of piperidine rings is 1. The van der Waals surface area contributed by atoms with E-state index in [0.29, 0.717) is 47.5 Å². The fourth-order valence-corrected chi connectivity index (χ4v) is 4.17. The fourth-order valence-electron chi connectivity index (χ4n) is 3.28. The van der Waals surface area contributed by atoms with Crippen molar-refractivity contribution in [1.82, 2.24) is 20.2 Å². The van der Waals surface area contributed by atoms with Crippen molar-refractivity contribution in [3.63, 3.8) is 0 Å². The summed E-state index contributed by atoms with van der Waals surface area (Å²) in [5.41, 5.74) is 7.18. The molecular formula is C19H20N6O2S. The smallest absolute Gasteiger partial charge is 0.321 e. The maximum Gasteiger partial charge on any atom is 0.321 e. The Kier molecular flexibility index (Phi) is 5.07. The van der Waals surface area contributed by atoms with Crippen LogP contribution in [0.5, 0.6) is 0 Å². The molecule has 0 spiro atoms. The van der Waals surface area contributed by atoms with Gasteiger partial charge in [0.2, 0.25) is 0 Å². The lowest BCUT2D eigenvalue weighted by molar-refractivity contribution is 0.0921. The van der Waals surface area contributed by atoms with E-state index in [-0.39, 0.29) is 18.0 Å². The maximum absolute atomic E-state index is 12.7. The van der Waals surface area contributed by atoms with Crippen LogP contribution in [0.25, 0.3) is 10.2 Å². The standard InChI is InChI=1S/C19H20N6O2S/c20-16-15-14(10-28-18(15)22-11-21-16)17(26)23-13-6-8-25(9-7-13)19(27)24-12-4-2-1-3-5-12/h1-5,10-11,13H,6-9H2,(H,23,26)(H,24,27)(H2,20,21,22). The zero-order chi connectivity index (χ0) is 19.5. The SMILES string of the molecule is Nc1ncnc2scc(C(=O)NC3CCN(C(=O)Nc4ccccc4)CC3)c12. The Morgan fingerprint density at radius 2 is 1.89 bits per heavy atom. The van der Waals surface area contributed by atoms with Crippen molar-refractivity contribution in [2.75, 3.05) is 24.1 Å². The van der Waals surface area contributed by atoms with Gasteiger partial charge in [-0.25, -0.2) is 14.8 Å². The van der Waals surface area contributed by atoms with Crippen LogP contribution in [0.2, 0.25) is 0 Å². The Hall–Kier alpha value is -3.20. The lowest BCUT2D eigenvalue weighted by atomic mass is 10.0. The van der Waals surface area contributed by atoms with Gasteiger partial charge in [-0.05, 0) is 25.0 Å². The van der Waals surface area contributed by atoms with Crippen molar-refractivity contribution in [3.8, 4) is 0 Å². The van der Waals surface area contributed by atoms with Crippen LogP contribution in [0, 0.1) is 0 Å². The molecule has 0 bridgehead atoms. The molecule has 1 fully saturated rings. The van der Waals surface area contributed by atoms with Gasteiger partial charge in [-0.3, -0.25) is 4.79 Å². The number of nitrogen functional groups attached to an aromatic ring is 1. The summed E-state index contributed by atoms with van der Waals surface area (Å²) in [5, 5.41) is 8.30. The zero-order valence-electron chi connectivity index (χ0n) is 15.1. The summed E-state index contributed by atoms with van der Waals surface area (Å²) in [6.07, 6.45) is 2.79. The van der Waals surface area contributed by atoms with Gasteiger partial charge in [-0.2, -0.15) is 0 Å². The van der Waals surface area contributed by atoms with Crippen molar-refractivity contribution in [2.45, 2.75) is 18.9 Å². The molecule has 3 amide bonds. The molecule has 3 heterocycles. The molecule has 0 radical (unpaired) electrons. The Morgan fingerprint density at radius 3 is 2.64 bits per heavy atom. The van der Waals surface area contributed by atoms with Crippen molar-refractivity contribution in [1.29, 1.82) is 0 Å². The highest BCUT2D eigenvalue weighted by molar-refractivity contribution is 7.17. The summed E-state index contributed by atoms with van der Waals surface area (Å²) >= 11 is 1.37. The molecule has 3 aromatic rings. The van der Waals surface area contributed by atoms with Gasteiger partial charge in [0, 0.05) is 30.2 Å². The molecule has 1 aromatic carbocycles. The number of benzene rings is 1. The quantitative estimate of drug-likeness (QED) is 0.630. The van der Waals surface area contributed by atoms with Crippen LogP contribution >= 0.6 is 11.3 Å². The number of thiophene rings is 1. The second-order valence-electron chi connectivity index (χ2n) is 6.62. The number of nitrogens with one attached hydrogen (secondary N) is 2. The van der Waals surface area contributed by atoms with Gasteiger partial charge in [0.1, 0.15) is 17.0 Å². The molecule has 1 saturated heterocycles. The molecule has 1 aliphatic rings. The summed E-state index contributed by atoms with van der Waals surface area (Å²) in [4.78, 5) is 35.6. The van der Waals surface area contributed by atoms with E-state index >= 15 is 0 Å². The highest BCUT2D eigenvalue weighted by Crippen LogP contribution is 2.27. The highest BCUT2D eigenvalue weighted by atomic mass is 32.1. The number of amides is 3. The maximum atomic E-state index is 12.7. The van der Waals surface area contributed by atoms with Crippen molar-refractivity contribution >= 4 is 45.0 Å². The molecular weight excluding hydrogens is 376 g/mol. The predicted octanol–water partition coefficient (Wildman–Crippen LogP) is 2.70. The molecule has 2 aromatic heterocycles. The molecule has 0 atom stereocenters. The van der Waals surface area contributed by atoms with Crippen molar-refractivity contribution in [3.05, 3.63) is 47.6 Å². The number of nitrogens with two attached hydrogens (primary N) is 1. The third kappa shape index (κ3) is 3.74. The fraction of sp³-hybridized carbons (Fsp3) is 0.263. The predicted molar refractivity (Wildman–Crippen MR) is 109 cm³/mol. The minimum Gasteiger partial charge on any atom is -0.383 e. The first-order chi connectivity index (χ1) is 13.6. The summed E-state index contributed by atoms with van der Waals surface area (Å²) < 4.78 is 0. The van der Waals surface area contributed by atoms with Gasteiger partial charge in [-0.1, -0.05) is 18.2 Å². The van der Waals surface area contributed by atoms with Crippen LogP contribution in [0.4, 0.5) is 16.3 Å². The number of para-hydroxylation sites is 1. The summed E-state index contributed by atoms with van der Waals surface area (Å²) in [6.45, 7) is 1.17. The number of rotatable bonds is 3. The highest BCUT2D eigenvalue weighted by Gasteiger charge is 2.25. The number of carbonyl (C=O) groups is 2. The van der Waals surface area contributed by atoms with Gasteiger partial charge in [-0.15, -0.1) is 11.3 Å². The van der Waals surface area contributed by atoms with Gasteiger partial charge in [0.05, 0.1) is 10.9 Å². The number of carbonyl (C=O) groups excluding carboxylic acids is 2. The van der Waals surface area contributed by atoms with E-state index in [2.05, 4.69) is 20.6 Å². The van der Waals surface area contributed by atoms with E-state index in [1.807, 2.05) is 30.3 Å².